The van der Waals surface area contributed by atoms with E-state index >= 15 is 0 Å². The minimum Gasteiger partial charge on any atom is -0.398 e. The maximum atomic E-state index is 11.8. The molecule has 0 aliphatic heterocycles. The molecule has 0 aliphatic rings. The zero-order chi connectivity index (χ0) is 10.7. The van der Waals surface area contributed by atoms with Crippen LogP contribution in [0.3, 0.4) is 0 Å². The van der Waals surface area contributed by atoms with Crippen LogP contribution in [0.5, 0.6) is 0 Å². The van der Waals surface area contributed by atoms with Crippen molar-refractivity contribution >= 4 is 32.4 Å². The van der Waals surface area contributed by atoms with E-state index in [0.717, 1.165) is 9.37 Å². The van der Waals surface area contributed by atoms with Crippen LogP contribution in [-0.4, -0.2) is 9.96 Å². The van der Waals surface area contributed by atoms with Crippen molar-refractivity contribution in [3.05, 3.63) is 22.7 Å². The number of hydrogen-bond acceptors (Lipinski definition) is 2. The van der Waals surface area contributed by atoms with Crippen molar-refractivity contribution < 1.29 is 4.21 Å². The molecule has 78 valence electrons. The van der Waals surface area contributed by atoms with Crippen LogP contribution >= 0.6 is 15.9 Å². The zero-order valence-electron chi connectivity index (χ0n) is 8.29. The third kappa shape index (κ3) is 3.10. The van der Waals surface area contributed by atoms with Gasteiger partial charge in [-0.2, -0.15) is 0 Å². The molecule has 1 aromatic rings. The molecule has 4 heteroatoms. The highest BCUT2D eigenvalue weighted by molar-refractivity contribution is 9.10. The van der Waals surface area contributed by atoms with Crippen molar-refractivity contribution in [2.45, 2.75) is 18.7 Å². The summed E-state index contributed by atoms with van der Waals surface area (Å²) in [5.74, 6) is 1.06. The number of nitrogens with two attached hydrogens (primary N) is 1. The smallest absolute Gasteiger partial charge is 0.0628 e. The average Bonchev–Trinajstić information content (AvgIpc) is 2.08. The first-order valence-corrected chi connectivity index (χ1v) is 6.55. The monoisotopic (exact) mass is 275 g/mol. The molecule has 0 spiro atoms. The predicted octanol–water partition coefficient (Wildman–Crippen LogP) is 2.79. The predicted molar refractivity (Wildman–Crippen MR) is 64.7 cm³/mol. The van der Waals surface area contributed by atoms with Crippen LogP contribution in [0.2, 0.25) is 0 Å². The first kappa shape index (κ1) is 11.7. The van der Waals surface area contributed by atoms with Gasteiger partial charge >= 0.3 is 0 Å². The van der Waals surface area contributed by atoms with Gasteiger partial charge < -0.3 is 5.73 Å². The summed E-state index contributed by atoms with van der Waals surface area (Å²) in [5, 5.41) is 0. The van der Waals surface area contributed by atoms with Crippen LogP contribution in [0.15, 0.2) is 27.6 Å². The number of hydrogen-bond donors (Lipinski definition) is 1. The minimum absolute atomic E-state index is 0.411. The van der Waals surface area contributed by atoms with Crippen LogP contribution in [-0.2, 0) is 10.8 Å². The van der Waals surface area contributed by atoms with Gasteiger partial charge in [-0.3, -0.25) is 4.21 Å². The summed E-state index contributed by atoms with van der Waals surface area (Å²) >= 11 is 3.34. The first-order valence-electron chi connectivity index (χ1n) is 4.44. The molecule has 1 atom stereocenters. The standard InChI is InChI=1S/C10H14BrNOS/c1-7(2)6-14(13)10-5-8(11)3-4-9(10)12/h3-5,7H,6,12H2,1-2H3. The fourth-order valence-electron chi connectivity index (χ4n) is 1.10. The lowest BCUT2D eigenvalue weighted by molar-refractivity contribution is 0.665. The Morgan fingerprint density at radius 2 is 2.14 bits per heavy atom. The average molecular weight is 276 g/mol. The molecular formula is C10H14BrNOS. The van der Waals surface area contributed by atoms with Crippen LogP contribution in [0, 0.1) is 5.92 Å². The van der Waals surface area contributed by atoms with Gasteiger partial charge in [-0.25, -0.2) is 0 Å². The lowest BCUT2D eigenvalue weighted by Gasteiger charge is -2.08. The highest BCUT2D eigenvalue weighted by Crippen LogP contribution is 2.22. The molecule has 0 aromatic heterocycles. The van der Waals surface area contributed by atoms with E-state index in [4.69, 9.17) is 5.73 Å². The zero-order valence-corrected chi connectivity index (χ0v) is 10.7. The Morgan fingerprint density at radius 1 is 1.50 bits per heavy atom. The maximum Gasteiger partial charge on any atom is 0.0628 e. The van der Waals surface area contributed by atoms with Gasteiger partial charge in [0.25, 0.3) is 0 Å². The molecule has 1 unspecified atom stereocenters. The number of halogens is 1. The largest absolute Gasteiger partial charge is 0.398 e. The summed E-state index contributed by atoms with van der Waals surface area (Å²) < 4.78 is 12.8. The van der Waals surface area contributed by atoms with Gasteiger partial charge in [0.2, 0.25) is 0 Å². The van der Waals surface area contributed by atoms with Crippen LogP contribution in [0.25, 0.3) is 0 Å². The van der Waals surface area contributed by atoms with Gasteiger partial charge in [0.1, 0.15) is 0 Å². The Bertz CT molecular complexity index is 352. The molecule has 0 fully saturated rings. The Hall–Kier alpha value is -0.350. The highest BCUT2D eigenvalue weighted by atomic mass is 79.9. The number of nitrogen functional groups attached to an aromatic ring is 1. The number of benzene rings is 1. The molecule has 0 radical (unpaired) electrons. The Morgan fingerprint density at radius 3 is 2.71 bits per heavy atom. The molecular weight excluding hydrogens is 262 g/mol. The summed E-state index contributed by atoms with van der Waals surface area (Å²) in [4.78, 5) is 0.730. The van der Waals surface area contributed by atoms with Crippen molar-refractivity contribution in [3.63, 3.8) is 0 Å². The van der Waals surface area contributed by atoms with Crippen molar-refractivity contribution in [3.8, 4) is 0 Å². The second kappa shape index (κ2) is 4.94. The summed E-state index contributed by atoms with van der Waals surface area (Å²) in [6.45, 7) is 4.10. The van der Waals surface area contributed by atoms with E-state index in [-0.39, 0.29) is 0 Å². The summed E-state index contributed by atoms with van der Waals surface area (Å²) in [6.07, 6.45) is 0. The number of anilines is 1. The summed E-state index contributed by atoms with van der Waals surface area (Å²) in [5.41, 5.74) is 6.36. The second-order valence-electron chi connectivity index (χ2n) is 3.59. The Kier molecular flexibility index (Phi) is 4.13. The molecule has 0 bridgehead atoms. The van der Waals surface area contributed by atoms with Crippen molar-refractivity contribution in [2.75, 3.05) is 11.5 Å². The quantitative estimate of drug-likeness (QED) is 0.863. The van der Waals surface area contributed by atoms with E-state index in [1.54, 1.807) is 6.07 Å². The molecule has 2 N–H and O–H groups in total. The van der Waals surface area contributed by atoms with Crippen LogP contribution in [0.4, 0.5) is 5.69 Å². The van der Waals surface area contributed by atoms with E-state index in [0.29, 0.717) is 17.4 Å². The highest BCUT2D eigenvalue weighted by Gasteiger charge is 2.10. The fourth-order valence-corrected chi connectivity index (χ4v) is 2.98. The van der Waals surface area contributed by atoms with Gasteiger partial charge in [0.05, 0.1) is 15.7 Å². The topological polar surface area (TPSA) is 43.1 Å². The fraction of sp³-hybridized carbons (Fsp3) is 0.400. The van der Waals surface area contributed by atoms with Crippen molar-refractivity contribution in [2.24, 2.45) is 5.92 Å². The molecule has 0 aliphatic carbocycles. The van der Waals surface area contributed by atoms with Gasteiger partial charge in [-0.15, -0.1) is 0 Å². The van der Waals surface area contributed by atoms with E-state index in [1.165, 1.54) is 0 Å². The molecule has 0 saturated heterocycles. The van der Waals surface area contributed by atoms with E-state index in [1.807, 2.05) is 26.0 Å². The SMILES string of the molecule is CC(C)CS(=O)c1cc(Br)ccc1N. The molecule has 1 rings (SSSR count). The van der Waals surface area contributed by atoms with Crippen LogP contribution < -0.4 is 5.73 Å². The minimum atomic E-state index is -0.990. The first-order chi connectivity index (χ1) is 6.50. The van der Waals surface area contributed by atoms with E-state index < -0.39 is 10.8 Å². The van der Waals surface area contributed by atoms with E-state index in [9.17, 15) is 4.21 Å². The molecule has 2 nitrogen and oxygen atoms in total. The Balaban J connectivity index is 2.94. The third-order valence-corrected chi connectivity index (χ3v) is 4.01. The molecule has 1 aromatic carbocycles. The lowest BCUT2D eigenvalue weighted by atomic mass is 10.3. The van der Waals surface area contributed by atoms with Gasteiger partial charge in [-0.05, 0) is 24.1 Å². The third-order valence-electron chi connectivity index (χ3n) is 1.71. The van der Waals surface area contributed by atoms with Gasteiger partial charge in [0, 0.05) is 15.9 Å². The molecule has 0 saturated carbocycles. The maximum absolute atomic E-state index is 11.8. The van der Waals surface area contributed by atoms with Gasteiger partial charge in [0.15, 0.2) is 0 Å². The van der Waals surface area contributed by atoms with Gasteiger partial charge in [-0.1, -0.05) is 29.8 Å². The normalized spacial score (nSPS) is 13.1. The van der Waals surface area contributed by atoms with Crippen LogP contribution in [0.1, 0.15) is 13.8 Å². The summed E-state index contributed by atoms with van der Waals surface area (Å²) in [6, 6.07) is 5.46. The number of rotatable bonds is 3. The second-order valence-corrected chi connectivity index (χ2v) is 5.97. The summed E-state index contributed by atoms with van der Waals surface area (Å²) in [7, 11) is -0.990. The molecule has 0 amide bonds. The van der Waals surface area contributed by atoms with Crippen molar-refractivity contribution in [1.29, 1.82) is 0 Å². The molecule has 0 heterocycles. The lowest BCUT2D eigenvalue weighted by Crippen LogP contribution is -2.06. The Labute approximate surface area is 95.5 Å². The van der Waals surface area contributed by atoms with Crippen molar-refractivity contribution in [1.82, 2.24) is 0 Å². The molecule has 14 heavy (non-hydrogen) atoms. The van der Waals surface area contributed by atoms with E-state index in [2.05, 4.69) is 15.9 Å².